The van der Waals surface area contributed by atoms with Gasteiger partial charge in [0, 0.05) is 25.0 Å². The molecule has 0 aromatic rings. The molecule has 0 bridgehead atoms. The van der Waals surface area contributed by atoms with Gasteiger partial charge in [0.25, 0.3) is 0 Å². The molecule has 0 aliphatic heterocycles. The minimum absolute atomic E-state index is 0.0823. The van der Waals surface area contributed by atoms with E-state index in [9.17, 15) is 9.59 Å². The minimum atomic E-state index is -0.829. The highest BCUT2D eigenvalue weighted by Gasteiger charge is 2.18. The number of rotatable bonds is 9. The molecule has 0 aliphatic rings. The van der Waals surface area contributed by atoms with Crippen LogP contribution in [0.25, 0.3) is 0 Å². The molecule has 5 nitrogen and oxygen atoms in total. The van der Waals surface area contributed by atoms with Gasteiger partial charge in [-0.1, -0.05) is 19.8 Å². The second-order valence-corrected chi connectivity index (χ2v) is 5.28. The summed E-state index contributed by atoms with van der Waals surface area (Å²) in [5.41, 5.74) is 0. The van der Waals surface area contributed by atoms with Crippen LogP contribution in [0.4, 0.5) is 4.79 Å². The van der Waals surface area contributed by atoms with Crippen LogP contribution >= 0.6 is 0 Å². The summed E-state index contributed by atoms with van der Waals surface area (Å²) < 4.78 is 0. The second-order valence-electron chi connectivity index (χ2n) is 5.28. The zero-order valence-electron chi connectivity index (χ0n) is 12.6. The number of carbonyl (C=O) groups is 2. The molecule has 5 heteroatoms. The lowest BCUT2D eigenvalue weighted by Crippen LogP contribution is -2.47. The summed E-state index contributed by atoms with van der Waals surface area (Å²) in [5, 5.41) is 11.5. The SMILES string of the molecule is CCCCCN(C(=O)NC(C)CCC(=O)O)C(C)C. The summed E-state index contributed by atoms with van der Waals surface area (Å²) >= 11 is 0. The number of hydrogen-bond acceptors (Lipinski definition) is 2. The van der Waals surface area contributed by atoms with E-state index >= 15 is 0 Å². The molecular formula is C14H28N2O3. The molecule has 0 aromatic heterocycles. The molecule has 0 aromatic carbocycles. The molecule has 2 N–H and O–H groups in total. The number of amides is 2. The smallest absolute Gasteiger partial charge is 0.317 e. The summed E-state index contributed by atoms with van der Waals surface area (Å²) in [4.78, 5) is 24.4. The number of unbranched alkanes of at least 4 members (excludes halogenated alkanes) is 2. The van der Waals surface area contributed by atoms with E-state index in [1.807, 2.05) is 25.7 Å². The Hall–Kier alpha value is -1.26. The fourth-order valence-electron chi connectivity index (χ4n) is 1.83. The van der Waals surface area contributed by atoms with Gasteiger partial charge in [-0.2, -0.15) is 0 Å². The number of urea groups is 1. The zero-order chi connectivity index (χ0) is 14.8. The van der Waals surface area contributed by atoms with Crippen LogP contribution in [-0.4, -0.2) is 40.6 Å². The van der Waals surface area contributed by atoms with Gasteiger partial charge in [0.2, 0.25) is 0 Å². The average molecular weight is 272 g/mol. The Kier molecular flexibility index (Phi) is 9.00. The second kappa shape index (κ2) is 9.64. The van der Waals surface area contributed by atoms with Crippen LogP contribution in [0, 0.1) is 0 Å². The van der Waals surface area contributed by atoms with Crippen LogP contribution in [0.15, 0.2) is 0 Å². The number of carboxylic acids is 1. The lowest BCUT2D eigenvalue weighted by Gasteiger charge is -2.28. The van der Waals surface area contributed by atoms with Crippen molar-refractivity contribution in [3.8, 4) is 0 Å². The summed E-state index contributed by atoms with van der Waals surface area (Å²) in [6.45, 7) is 8.71. The highest BCUT2D eigenvalue weighted by atomic mass is 16.4. The molecule has 1 unspecified atom stereocenters. The maximum Gasteiger partial charge on any atom is 0.317 e. The number of carboxylic acid groups (broad SMARTS) is 1. The van der Waals surface area contributed by atoms with E-state index in [-0.39, 0.29) is 24.5 Å². The minimum Gasteiger partial charge on any atom is -0.481 e. The highest BCUT2D eigenvalue weighted by molar-refractivity contribution is 5.75. The topological polar surface area (TPSA) is 69.6 Å². The molecule has 112 valence electrons. The van der Waals surface area contributed by atoms with Gasteiger partial charge in [0.05, 0.1) is 0 Å². The predicted molar refractivity (Wildman–Crippen MR) is 76.2 cm³/mol. The normalized spacial score (nSPS) is 12.3. The first-order valence-corrected chi connectivity index (χ1v) is 7.17. The molecule has 0 fully saturated rings. The van der Waals surface area contributed by atoms with E-state index in [2.05, 4.69) is 12.2 Å². The van der Waals surface area contributed by atoms with Crippen LogP contribution < -0.4 is 5.32 Å². The lowest BCUT2D eigenvalue weighted by atomic mass is 10.2. The van der Waals surface area contributed by atoms with Crippen molar-refractivity contribution in [2.75, 3.05) is 6.54 Å². The van der Waals surface area contributed by atoms with Crippen molar-refractivity contribution in [2.24, 2.45) is 0 Å². The Morgan fingerprint density at radius 1 is 1.21 bits per heavy atom. The van der Waals surface area contributed by atoms with Gasteiger partial charge in [-0.15, -0.1) is 0 Å². The summed E-state index contributed by atoms with van der Waals surface area (Å²) in [5.74, 6) is -0.829. The van der Waals surface area contributed by atoms with Gasteiger partial charge in [0.15, 0.2) is 0 Å². The van der Waals surface area contributed by atoms with E-state index in [0.29, 0.717) is 6.42 Å². The van der Waals surface area contributed by atoms with E-state index in [0.717, 1.165) is 25.8 Å². The highest BCUT2D eigenvalue weighted by Crippen LogP contribution is 2.05. The van der Waals surface area contributed by atoms with Gasteiger partial charge in [-0.25, -0.2) is 4.79 Å². The van der Waals surface area contributed by atoms with Crippen molar-refractivity contribution in [3.63, 3.8) is 0 Å². The third-order valence-electron chi connectivity index (χ3n) is 3.05. The van der Waals surface area contributed by atoms with Crippen LogP contribution in [-0.2, 0) is 4.79 Å². The molecule has 1 atom stereocenters. The molecule has 0 aliphatic carbocycles. The van der Waals surface area contributed by atoms with Crippen molar-refractivity contribution in [2.45, 2.75) is 71.9 Å². The summed E-state index contributed by atoms with van der Waals surface area (Å²) in [7, 11) is 0. The number of nitrogens with zero attached hydrogens (tertiary/aromatic N) is 1. The first-order chi connectivity index (χ1) is 8.88. The van der Waals surface area contributed by atoms with Crippen molar-refractivity contribution < 1.29 is 14.7 Å². The van der Waals surface area contributed by atoms with Crippen LogP contribution in [0.1, 0.15) is 59.8 Å². The monoisotopic (exact) mass is 272 g/mol. The number of hydrogen-bond donors (Lipinski definition) is 2. The molecule has 0 saturated heterocycles. The molecule has 2 amide bonds. The van der Waals surface area contributed by atoms with Gasteiger partial charge in [-0.3, -0.25) is 4.79 Å². The molecule has 0 heterocycles. The Balaban J connectivity index is 4.19. The Morgan fingerprint density at radius 3 is 2.32 bits per heavy atom. The van der Waals surface area contributed by atoms with Crippen molar-refractivity contribution in [3.05, 3.63) is 0 Å². The van der Waals surface area contributed by atoms with Crippen molar-refractivity contribution in [1.29, 1.82) is 0 Å². The van der Waals surface area contributed by atoms with Gasteiger partial charge in [-0.05, 0) is 33.6 Å². The third-order valence-corrected chi connectivity index (χ3v) is 3.05. The molecular weight excluding hydrogens is 244 g/mol. The fourth-order valence-corrected chi connectivity index (χ4v) is 1.83. The number of carbonyl (C=O) groups excluding carboxylic acids is 1. The molecule has 0 rings (SSSR count). The lowest BCUT2D eigenvalue weighted by molar-refractivity contribution is -0.137. The third kappa shape index (κ3) is 8.46. The number of aliphatic carboxylic acids is 1. The Bertz CT molecular complexity index is 280. The average Bonchev–Trinajstić information content (AvgIpc) is 2.31. The van der Waals surface area contributed by atoms with Crippen molar-refractivity contribution in [1.82, 2.24) is 10.2 Å². The predicted octanol–water partition coefficient (Wildman–Crippen LogP) is 2.85. The number of nitrogens with one attached hydrogen (secondary N) is 1. The molecule has 19 heavy (non-hydrogen) atoms. The van der Waals surface area contributed by atoms with Crippen molar-refractivity contribution >= 4 is 12.0 Å². The van der Waals surface area contributed by atoms with Crippen LogP contribution in [0.3, 0.4) is 0 Å². The largest absolute Gasteiger partial charge is 0.481 e. The maximum atomic E-state index is 12.1. The standard InChI is InChI=1S/C14H28N2O3/c1-5-6-7-10-16(11(2)3)14(19)15-12(4)8-9-13(17)18/h11-12H,5-10H2,1-4H3,(H,15,19)(H,17,18). The first-order valence-electron chi connectivity index (χ1n) is 7.17. The van der Waals surface area contributed by atoms with E-state index < -0.39 is 5.97 Å². The van der Waals surface area contributed by atoms with Gasteiger partial charge < -0.3 is 15.3 Å². The first kappa shape index (κ1) is 17.7. The maximum absolute atomic E-state index is 12.1. The molecule has 0 saturated carbocycles. The van der Waals surface area contributed by atoms with E-state index in [4.69, 9.17) is 5.11 Å². The quantitative estimate of drug-likeness (QED) is 0.634. The Labute approximate surface area is 116 Å². The van der Waals surface area contributed by atoms with Crippen LogP contribution in [0.2, 0.25) is 0 Å². The fraction of sp³-hybridized carbons (Fsp3) is 0.857. The Morgan fingerprint density at radius 2 is 1.84 bits per heavy atom. The summed E-state index contributed by atoms with van der Waals surface area (Å²) in [6, 6.07) is -0.0523. The zero-order valence-corrected chi connectivity index (χ0v) is 12.6. The van der Waals surface area contributed by atoms with Gasteiger partial charge in [0.1, 0.15) is 0 Å². The van der Waals surface area contributed by atoms with E-state index in [1.165, 1.54) is 0 Å². The molecule has 0 radical (unpaired) electrons. The van der Waals surface area contributed by atoms with E-state index in [1.54, 1.807) is 0 Å². The summed E-state index contributed by atoms with van der Waals surface area (Å²) in [6.07, 6.45) is 3.79. The van der Waals surface area contributed by atoms with Gasteiger partial charge >= 0.3 is 12.0 Å². The van der Waals surface area contributed by atoms with Crippen LogP contribution in [0.5, 0.6) is 0 Å². The molecule has 0 spiro atoms.